The second kappa shape index (κ2) is 30.0. The molecule has 117 heavy (non-hydrogen) atoms. The number of nitrogens with zero attached hydrogens (tertiary/aromatic N) is 9. The number of hydrogen-bond donors (Lipinski definition) is 15. The molecule has 0 atom stereocenters. The molecular weight excluding hydrogens is 1660 g/mol. The minimum Gasteiger partial charge on any atom is -0.355 e. The van der Waals surface area contributed by atoms with Crippen molar-refractivity contribution in [1.82, 2.24) is 43.6 Å². The quantitative estimate of drug-likeness (QED) is 0.0258. The fourth-order valence-corrected chi connectivity index (χ4v) is 16.3. The van der Waals surface area contributed by atoms with Crippen LogP contribution in [0.2, 0.25) is 0 Å². The van der Waals surface area contributed by atoms with Gasteiger partial charge in [0, 0.05) is 113 Å². The lowest BCUT2D eigenvalue weighted by Crippen LogP contribution is -2.27. The molecule has 0 aliphatic rings. The van der Waals surface area contributed by atoms with Crippen molar-refractivity contribution in [3.63, 3.8) is 0 Å². The van der Waals surface area contributed by atoms with Gasteiger partial charge in [0.2, 0.25) is 17.8 Å². The van der Waals surface area contributed by atoms with Crippen LogP contribution in [0.25, 0.3) is 32.3 Å². The Morgan fingerprint density at radius 3 is 0.812 bits per heavy atom. The molecule has 0 aliphatic carbocycles. The lowest BCUT2D eigenvalue weighted by atomic mass is 10.1. The highest BCUT2D eigenvalue weighted by atomic mass is 32.2. The van der Waals surface area contributed by atoms with Crippen molar-refractivity contribution in [1.29, 1.82) is 0 Å². The molecule has 0 saturated carbocycles. The first-order chi connectivity index (χ1) is 54.6. The number of hydrogen-bond acceptors (Lipinski definition) is 24. The number of amides is 6. The smallest absolute Gasteiger partial charge is 0.295 e. The van der Waals surface area contributed by atoms with E-state index in [9.17, 15) is 107 Å². The van der Waals surface area contributed by atoms with Gasteiger partial charge in [0.25, 0.3) is 96.2 Å². The number of carbonyl (C=O) groups excluding carboxylic acids is 6. The van der Waals surface area contributed by atoms with Gasteiger partial charge in [-0.15, -0.1) is 0 Å². The molecule has 6 aromatic carbocycles. The van der Waals surface area contributed by atoms with Crippen LogP contribution in [0.5, 0.6) is 0 Å². The number of aromatic amines is 3. The SMILES string of the molecule is CN(C(=O)c1cc(Nc2nc(Nc3cc(C(=O)N(C)c4c[nH]c(C(=O)Nc5ccc6cc(S(=O)(=O)O)cc(S(=O)(=O)O)c6c5)c4)n(C)c3)nc(Nc3cc(C(=O)N(C)c4c[nH]c(C(=O)Nc5ccc6cc(S(=O)(=O)O)cc(S(=O)(=O)O)c6c5)c4)n(C)c3)n2)cn1C)c1c[nH]c(C(=O)Nc2ccc3cc(S(=O)(=O)O)cc(S(=O)(=O)O)c3c2)c1. The number of fused-ring (bicyclic) bond motifs is 3. The summed E-state index contributed by atoms with van der Waals surface area (Å²) in [7, 11) is -21.0. The average molecular weight is 1720 g/mol. The second-order valence-corrected chi connectivity index (χ2v) is 34.5. The molecule has 13 aromatic rings. The maximum Gasteiger partial charge on any atom is 0.295 e. The molecule has 0 radical (unpaired) electrons. The summed E-state index contributed by atoms with van der Waals surface area (Å²) in [5.74, 6) is -4.65. The maximum atomic E-state index is 14.3. The Bertz CT molecular complexity index is 6490. The van der Waals surface area contributed by atoms with Gasteiger partial charge in [0.05, 0.1) is 48.8 Å². The number of benzene rings is 6. The minimum atomic E-state index is -5.07. The van der Waals surface area contributed by atoms with Gasteiger partial charge in [0.1, 0.15) is 48.9 Å². The van der Waals surface area contributed by atoms with E-state index in [0.717, 1.165) is 36.4 Å². The third-order valence-corrected chi connectivity index (χ3v) is 23.2. The molecule has 0 fully saturated rings. The van der Waals surface area contributed by atoms with E-state index in [1.807, 2.05) is 0 Å². The number of aromatic nitrogens is 9. The number of nitrogens with one attached hydrogen (secondary N) is 9. The molecule has 15 N–H and O–H groups in total. The van der Waals surface area contributed by atoms with E-state index in [2.05, 4.69) is 61.8 Å². The third kappa shape index (κ3) is 17.3. The van der Waals surface area contributed by atoms with E-state index in [1.54, 1.807) is 21.1 Å². The Morgan fingerprint density at radius 2 is 0.581 bits per heavy atom. The predicted octanol–water partition coefficient (Wildman–Crippen LogP) is 7.63. The van der Waals surface area contributed by atoms with Crippen LogP contribution in [0.1, 0.15) is 62.9 Å². The fraction of sp³-hybridized carbons (Fsp3) is 0.0870. The highest BCUT2D eigenvalue weighted by Crippen LogP contribution is 2.36. The average Bonchev–Trinajstić information content (AvgIpc) is 1.69. The van der Waals surface area contributed by atoms with Crippen molar-refractivity contribution in [2.75, 3.05) is 67.7 Å². The van der Waals surface area contributed by atoms with E-state index in [1.165, 1.54) is 160 Å². The summed E-state index contributed by atoms with van der Waals surface area (Å²) in [6, 6.07) is 24.0. The maximum absolute atomic E-state index is 14.3. The summed E-state index contributed by atoms with van der Waals surface area (Å²) in [5, 5.41) is 16.2. The molecule has 7 aromatic heterocycles. The van der Waals surface area contributed by atoms with E-state index in [4.69, 9.17) is 0 Å². The topological polar surface area (TPSA) is 611 Å². The van der Waals surface area contributed by atoms with Crippen LogP contribution in [0.4, 0.5) is 69.0 Å². The van der Waals surface area contributed by atoms with Gasteiger partial charge in [-0.3, -0.25) is 56.1 Å². The second-order valence-electron chi connectivity index (χ2n) is 26.0. The van der Waals surface area contributed by atoms with Crippen LogP contribution < -0.4 is 46.6 Å². The van der Waals surface area contributed by atoms with Gasteiger partial charge >= 0.3 is 0 Å². The van der Waals surface area contributed by atoms with Gasteiger partial charge in [-0.25, -0.2) is 0 Å². The molecular formula is C69H60N18O24S6. The number of carbonyl (C=O) groups is 6. The summed E-state index contributed by atoms with van der Waals surface area (Å²) < 4.78 is 208. The predicted molar refractivity (Wildman–Crippen MR) is 421 cm³/mol. The van der Waals surface area contributed by atoms with Gasteiger partial charge in [-0.1, -0.05) is 18.2 Å². The molecule has 606 valence electrons. The molecule has 6 amide bonds. The summed E-state index contributed by atoms with van der Waals surface area (Å²) in [6.07, 6.45) is 8.60. The van der Waals surface area contributed by atoms with Crippen molar-refractivity contribution < 1.29 is 107 Å². The van der Waals surface area contributed by atoms with Gasteiger partial charge in [-0.2, -0.15) is 65.5 Å². The van der Waals surface area contributed by atoms with E-state index in [0.29, 0.717) is 18.2 Å². The first-order valence-corrected chi connectivity index (χ1v) is 41.7. The van der Waals surface area contributed by atoms with Crippen LogP contribution in [0.15, 0.2) is 194 Å². The number of rotatable bonds is 24. The van der Waals surface area contributed by atoms with Crippen molar-refractivity contribution in [2.24, 2.45) is 21.1 Å². The lowest BCUT2D eigenvalue weighted by molar-refractivity contribution is 0.0977. The lowest BCUT2D eigenvalue weighted by Gasteiger charge is -2.15. The highest BCUT2D eigenvalue weighted by molar-refractivity contribution is 7.87. The van der Waals surface area contributed by atoms with Crippen LogP contribution >= 0.6 is 0 Å². The van der Waals surface area contributed by atoms with Crippen LogP contribution in [0.3, 0.4) is 0 Å². The molecule has 42 nitrogen and oxygen atoms in total. The first kappa shape index (κ1) is 81.5. The van der Waals surface area contributed by atoms with Gasteiger partial charge in [-0.05, 0) is 125 Å². The van der Waals surface area contributed by atoms with Crippen LogP contribution in [-0.2, 0) is 81.9 Å². The van der Waals surface area contributed by atoms with Crippen LogP contribution in [0, 0.1) is 0 Å². The van der Waals surface area contributed by atoms with Gasteiger partial charge < -0.3 is 75.3 Å². The van der Waals surface area contributed by atoms with E-state index < -0.39 is 126 Å². The molecule has 48 heteroatoms. The van der Waals surface area contributed by atoms with Crippen molar-refractivity contribution in [3.8, 4) is 0 Å². The number of H-pyrrole nitrogens is 3. The van der Waals surface area contributed by atoms with E-state index >= 15 is 0 Å². The number of aryl methyl sites for hydroxylation is 3. The minimum absolute atomic E-state index is 0.00273. The standard InChI is InChI=1S/C69H60N18O24S6/c1-82-31-40(19-55(82)64(91)85(4)43-22-52(70-28-43)61(88)73-37-10-7-34-13-46(112(94,95)96)25-58(49(34)16-37)115(103,104)105)76-67-79-68(77-41-20-56(83(2)32-41)65(92)86(5)44-23-53(71-29-44)62(89)74-38-11-8-35-14-47(113(97,98)99)26-59(50(35)17-38)116(106,107)108)81-69(80-67)78-42-21-57(84(3)33-42)66(93)87(6)45-24-54(72-30-45)63(90)75-39-12-9-36-15-48(114(100,101)102)27-60(51(36)18-39)117(109,110)111/h7-33,70-72H,1-6H3,(H,73,88)(H,74,89)(H,75,90)(H,94,95,96)(H,97,98,99)(H,100,101,102)(H,103,104,105)(H,106,107,108)(H,109,110,111)(H3,76,77,78,79,80,81). The third-order valence-electron chi connectivity index (χ3n) is 18.1. The Labute approximate surface area is 660 Å². The Balaban J connectivity index is 0.734. The molecule has 7 heterocycles. The molecule has 0 unspecified atom stereocenters. The van der Waals surface area contributed by atoms with Crippen molar-refractivity contribution in [2.45, 2.75) is 29.4 Å². The zero-order chi connectivity index (χ0) is 84.8. The van der Waals surface area contributed by atoms with Crippen LogP contribution in [-0.4, -0.2) is 178 Å². The van der Waals surface area contributed by atoms with Crippen molar-refractivity contribution >= 4 is 198 Å². The molecule has 13 rings (SSSR count). The van der Waals surface area contributed by atoms with Gasteiger partial charge in [0.15, 0.2) is 0 Å². The molecule has 0 spiro atoms. The zero-order valence-corrected chi connectivity index (χ0v) is 65.5. The van der Waals surface area contributed by atoms with E-state index in [-0.39, 0.29) is 136 Å². The zero-order valence-electron chi connectivity index (χ0n) is 60.6. The summed E-state index contributed by atoms with van der Waals surface area (Å²) in [4.78, 5) is 104. The number of anilines is 12. The highest BCUT2D eigenvalue weighted by Gasteiger charge is 2.29. The monoisotopic (exact) mass is 1720 g/mol. The Hall–Kier alpha value is -13.5. The Kier molecular flexibility index (Phi) is 20.9. The first-order valence-electron chi connectivity index (χ1n) is 33.1. The fourth-order valence-electron chi connectivity index (χ4n) is 12.3. The molecule has 0 aliphatic heterocycles. The normalized spacial score (nSPS) is 12.2. The van der Waals surface area contributed by atoms with Crippen molar-refractivity contribution in [3.05, 3.63) is 199 Å². The molecule has 0 bridgehead atoms. The summed E-state index contributed by atoms with van der Waals surface area (Å²) >= 11 is 0. The Morgan fingerprint density at radius 1 is 0.333 bits per heavy atom. The summed E-state index contributed by atoms with van der Waals surface area (Å²) in [6.45, 7) is 0. The molecule has 0 saturated heterocycles. The summed E-state index contributed by atoms with van der Waals surface area (Å²) in [5.41, 5.74) is 1.22. The largest absolute Gasteiger partial charge is 0.355 e.